The minimum Gasteiger partial charge on any atom is -0.350 e. The average Bonchev–Trinajstić information content (AvgIpc) is 2.73. The molecule has 0 aliphatic rings. The average molecular weight is 280 g/mol. The number of amides is 1. The van der Waals surface area contributed by atoms with Crippen molar-refractivity contribution in [1.29, 1.82) is 0 Å². The van der Waals surface area contributed by atoms with Crippen LogP contribution in [0.25, 0.3) is 0 Å². The first kappa shape index (κ1) is 16.0. The van der Waals surface area contributed by atoms with Crippen molar-refractivity contribution in [2.75, 3.05) is 13.6 Å². The molecular weight excluding hydrogens is 256 g/mol. The summed E-state index contributed by atoms with van der Waals surface area (Å²) in [4.78, 5) is 20.0. The van der Waals surface area contributed by atoms with Crippen molar-refractivity contribution in [3.63, 3.8) is 0 Å². The molecule has 0 saturated heterocycles. The van der Waals surface area contributed by atoms with Crippen molar-refractivity contribution >= 4 is 11.9 Å². The Labute approximate surface area is 119 Å². The highest BCUT2D eigenvalue weighted by Crippen LogP contribution is 1.97. The largest absolute Gasteiger partial charge is 0.350 e. The van der Waals surface area contributed by atoms with Gasteiger partial charge in [0, 0.05) is 32.0 Å². The number of guanidine groups is 1. The number of carbonyl (C=O) groups excluding carboxylic acids is 1. The van der Waals surface area contributed by atoms with Crippen molar-refractivity contribution < 1.29 is 4.79 Å². The number of imidazole rings is 1. The molecule has 7 heteroatoms. The number of hydrogen-bond donors (Lipinski definition) is 3. The zero-order valence-electron chi connectivity index (χ0n) is 12.8. The van der Waals surface area contributed by atoms with Crippen LogP contribution in [0.5, 0.6) is 0 Å². The molecule has 1 rings (SSSR count). The van der Waals surface area contributed by atoms with Crippen molar-refractivity contribution in [3.8, 4) is 0 Å². The maximum absolute atomic E-state index is 11.7. The Kier molecular flexibility index (Phi) is 5.54. The van der Waals surface area contributed by atoms with Crippen LogP contribution in [0, 0.1) is 0 Å². The molecule has 0 fully saturated rings. The van der Waals surface area contributed by atoms with Crippen LogP contribution >= 0.6 is 0 Å². The van der Waals surface area contributed by atoms with E-state index < -0.39 is 0 Å². The predicted molar refractivity (Wildman–Crippen MR) is 79.3 cm³/mol. The topological polar surface area (TPSA) is 83.3 Å². The van der Waals surface area contributed by atoms with E-state index in [1.54, 1.807) is 13.2 Å². The second kappa shape index (κ2) is 6.93. The van der Waals surface area contributed by atoms with E-state index in [9.17, 15) is 4.79 Å². The SMILES string of the molecule is CN=C(NCC(=O)NC(C)(C)C)NCc1nccn1C. The number of rotatable bonds is 4. The van der Waals surface area contributed by atoms with E-state index in [1.807, 2.05) is 38.6 Å². The summed E-state index contributed by atoms with van der Waals surface area (Å²) in [7, 11) is 3.59. The van der Waals surface area contributed by atoms with E-state index in [-0.39, 0.29) is 18.0 Å². The molecule has 0 atom stereocenters. The Morgan fingerprint density at radius 3 is 2.60 bits per heavy atom. The van der Waals surface area contributed by atoms with Crippen LogP contribution in [0.1, 0.15) is 26.6 Å². The third-order valence-corrected chi connectivity index (χ3v) is 2.49. The van der Waals surface area contributed by atoms with Gasteiger partial charge in [-0.1, -0.05) is 0 Å². The van der Waals surface area contributed by atoms with E-state index in [2.05, 4.69) is 25.9 Å². The standard InChI is InChI=1S/C13H24N6O/c1-13(2,3)18-11(20)9-17-12(14-4)16-8-10-15-6-7-19(10)5/h6-7H,8-9H2,1-5H3,(H,18,20)(H2,14,16,17). The van der Waals surface area contributed by atoms with Gasteiger partial charge in [-0.2, -0.15) is 0 Å². The third-order valence-electron chi connectivity index (χ3n) is 2.49. The lowest BCUT2D eigenvalue weighted by Crippen LogP contribution is -2.48. The van der Waals surface area contributed by atoms with E-state index in [1.165, 1.54) is 0 Å². The number of aryl methyl sites for hydroxylation is 1. The molecule has 0 spiro atoms. The number of nitrogens with one attached hydrogen (secondary N) is 3. The fourth-order valence-corrected chi connectivity index (χ4v) is 1.58. The van der Waals surface area contributed by atoms with Crippen LogP contribution in [0.4, 0.5) is 0 Å². The van der Waals surface area contributed by atoms with Gasteiger partial charge in [-0.05, 0) is 20.8 Å². The molecule has 1 aromatic heterocycles. The molecule has 1 heterocycles. The zero-order valence-corrected chi connectivity index (χ0v) is 12.8. The zero-order chi connectivity index (χ0) is 15.2. The summed E-state index contributed by atoms with van der Waals surface area (Å²) >= 11 is 0. The molecular formula is C13H24N6O. The van der Waals surface area contributed by atoms with Gasteiger partial charge in [0.25, 0.3) is 0 Å². The molecule has 112 valence electrons. The van der Waals surface area contributed by atoms with Crippen molar-refractivity contribution in [2.24, 2.45) is 12.0 Å². The lowest BCUT2D eigenvalue weighted by Gasteiger charge is -2.21. The van der Waals surface area contributed by atoms with Gasteiger partial charge in [0.05, 0.1) is 13.1 Å². The van der Waals surface area contributed by atoms with E-state index >= 15 is 0 Å². The smallest absolute Gasteiger partial charge is 0.239 e. The van der Waals surface area contributed by atoms with Gasteiger partial charge < -0.3 is 20.5 Å². The minimum atomic E-state index is -0.233. The lowest BCUT2D eigenvalue weighted by molar-refractivity contribution is -0.121. The summed E-state index contributed by atoms with van der Waals surface area (Å²) in [5.74, 6) is 1.39. The van der Waals surface area contributed by atoms with E-state index in [0.717, 1.165) is 5.82 Å². The summed E-state index contributed by atoms with van der Waals surface area (Å²) in [6.45, 7) is 6.55. The van der Waals surface area contributed by atoms with Gasteiger partial charge in [0.15, 0.2) is 5.96 Å². The van der Waals surface area contributed by atoms with Gasteiger partial charge in [-0.3, -0.25) is 9.79 Å². The van der Waals surface area contributed by atoms with E-state index in [4.69, 9.17) is 0 Å². The van der Waals surface area contributed by atoms with Gasteiger partial charge >= 0.3 is 0 Å². The van der Waals surface area contributed by atoms with Crippen molar-refractivity contribution in [3.05, 3.63) is 18.2 Å². The van der Waals surface area contributed by atoms with Gasteiger partial charge in [-0.15, -0.1) is 0 Å². The summed E-state index contributed by atoms with van der Waals surface area (Å²) in [5.41, 5.74) is -0.233. The Bertz CT molecular complexity index is 471. The molecule has 0 saturated carbocycles. The van der Waals surface area contributed by atoms with Crippen LogP contribution < -0.4 is 16.0 Å². The molecule has 0 bridgehead atoms. The normalized spacial score (nSPS) is 12.2. The minimum absolute atomic E-state index is 0.0718. The van der Waals surface area contributed by atoms with Gasteiger partial charge in [0.1, 0.15) is 5.82 Å². The predicted octanol–water partition coefficient (Wildman–Crippen LogP) is -0.000200. The maximum Gasteiger partial charge on any atom is 0.239 e. The fourth-order valence-electron chi connectivity index (χ4n) is 1.58. The highest BCUT2D eigenvalue weighted by molar-refractivity contribution is 5.86. The molecule has 0 aliphatic heterocycles. The highest BCUT2D eigenvalue weighted by Gasteiger charge is 2.13. The summed E-state index contributed by atoms with van der Waals surface area (Å²) in [5, 5.41) is 8.95. The molecule has 0 aromatic carbocycles. The Morgan fingerprint density at radius 1 is 1.40 bits per heavy atom. The maximum atomic E-state index is 11.7. The second-order valence-electron chi connectivity index (χ2n) is 5.53. The third kappa shape index (κ3) is 5.73. The molecule has 7 nitrogen and oxygen atoms in total. The first-order valence-electron chi connectivity index (χ1n) is 6.53. The van der Waals surface area contributed by atoms with Crippen LogP contribution in [0.3, 0.4) is 0 Å². The number of aliphatic imine (C=N–C) groups is 1. The summed E-state index contributed by atoms with van der Waals surface area (Å²) in [6.07, 6.45) is 3.62. The number of hydrogen-bond acceptors (Lipinski definition) is 3. The van der Waals surface area contributed by atoms with Crippen LogP contribution in [0.2, 0.25) is 0 Å². The fraction of sp³-hybridized carbons (Fsp3) is 0.615. The van der Waals surface area contributed by atoms with Gasteiger partial charge in [0.2, 0.25) is 5.91 Å². The Balaban J connectivity index is 2.37. The molecule has 1 amide bonds. The lowest BCUT2D eigenvalue weighted by atomic mass is 10.1. The van der Waals surface area contributed by atoms with E-state index in [0.29, 0.717) is 12.5 Å². The van der Waals surface area contributed by atoms with Gasteiger partial charge in [-0.25, -0.2) is 4.98 Å². The monoisotopic (exact) mass is 280 g/mol. The number of carbonyl (C=O) groups is 1. The quantitative estimate of drug-likeness (QED) is 0.535. The molecule has 1 aromatic rings. The van der Waals surface area contributed by atoms with Crippen LogP contribution in [-0.2, 0) is 18.4 Å². The number of nitrogens with zero attached hydrogens (tertiary/aromatic N) is 3. The molecule has 20 heavy (non-hydrogen) atoms. The first-order chi connectivity index (χ1) is 9.31. The molecule has 0 radical (unpaired) electrons. The number of aromatic nitrogens is 2. The highest BCUT2D eigenvalue weighted by atomic mass is 16.2. The molecule has 3 N–H and O–H groups in total. The molecule has 0 aliphatic carbocycles. The van der Waals surface area contributed by atoms with Crippen LogP contribution in [0.15, 0.2) is 17.4 Å². The Hall–Kier alpha value is -2.05. The first-order valence-corrected chi connectivity index (χ1v) is 6.53. The second-order valence-corrected chi connectivity index (χ2v) is 5.53. The molecule has 0 unspecified atom stereocenters. The Morgan fingerprint density at radius 2 is 2.10 bits per heavy atom. The van der Waals surface area contributed by atoms with Crippen LogP contribution in [-0.4, -0.2) is 40.5 Å². The summed E-state index contributed by atoms with van der Waals surface area (Å²) < 4.78 is 1.92. The summed E-state index contributed by atoms with van der Waals surface area (Å²) in [6, 6.07) is 0. The van der Waals surface area contributed by atoms with Crippen molar-refractivity contribution in [1.82, 2.24) is 25.5 Å². The van der Waals surface area contributed by atoms with Crippen molar-refractivity contribution in [2.45, 2.75) is 32.9 Å².